The number of amides is 1. The van der Waals surface area contributed by atoms with E-state index in [9.17, 15) is 13.2 Å². The number of anilines is 2. The first-order chi connectivity index (χ1) is 15.6. The molecule has 0 aliphatic rings. The van der Waals surface area contributed by atoms with Crippen LogP contribution in [-0.4, -0.2) is 44.4 Å². The van der Waals surface area contributed by atoms with Crippen molar-refractivity contribution in [2.45, 2.75) is 18.7 Å². The van der Waals surface area contributed by atoms with Gasteiger partial charge >= 0.3 is 0 Å². The molecule has 9 nitrogen and oxygen atoms in total. The molecule has 3 N–H and O–H groups in total. The Morgan fingerprint density at radius 3 is 2.27 bits per heavy atom. The van der Waals surface area contributed by atoms with Crippen molar-refractivity contribution < 1.29 is 17.9 Å². The normalized spacial score (nSPS) is 10.9. The molecule has 12 heteroatoms. The number of nitrogens with zero attached hydrogens (tertiary/aromatic N) is 2. The zero-order chi connectivity index (χ0) is 24.2. The maximum absolute atomic E-state index is 12.6. The first kappa shape index (κ1) is 24.1. The number of sulfonamides is 1. The molecule has 0 aliphatic heterocycles. The number of benzene rings is 2. The van der Waals surface area contributed by atoms with Gasteiger partial charge in [0.25, 0.3) is 15.9 Å². The van der Waals surface area contributed by atoms with Gasteiger partial charge in [-0.15, -0.1) is 0 Å². The lowest BCUT2D eigenvalue weighted by molar-refractivity contribution is 0.0975. The maximum Gasteiger partial charge on any atom is 0.264 e. The van der Waals surface area contributed by atoms with Gasteiger partial charge in [-0.1, -0.05) is 17.6 Å². The van der Waals surface area contributed by atoms with E-state index in [-0.39, 0.29) is 16.0 Å². The number of thiocarbonyl (C=S) groups is 1. The van der Waals surface area contributed by atoms with Gasteiger partial charge in [-0.3, -0.25) is 10.1 Å². The number of ether oxygens (including phenoxy) is 1. The van der Waals surface area contributed by atoms with E-state index in [1.165, 1.54) is 31.4 Å². The minimum atomic E-state index is -3.88. The Bertz CT molecular complexity index is 1290. The predicted octanol–water partition coefficient (Wildman–Crippen LogP) is 1.29. The monoisotopic (exact) mass is 483 g/mol. The molecular formula is C21H22BN5O4S2. The second kappa shape index (κ2) is 9.96. The third-order valence-electron chi connectivity index (χ3n) is 4.46. The van der Waals surface area contributed by atoms with Crippen LogP contribution in [0.15, 0.2) is 53.4 Å². The summed E-state index contributed by atoms with van der Waals surface area (Å²) in [5, 5.41) is 5.50. The number of aromatic nitrogens is 2. The Kier molecular flexibility index (Phi) is 7.29. The molecule has 0 radical (unpaired) electrons. The lowest BCUT2D eigenvalue weighted by Gasteiger charge is -2.13. The molecule has 0 saturated carbocycles. The molecule has 1 amide bonds. The fourth-order valence-electron chi connectivity index (χ4n) is 3.00. The van der Waals surface area contributed by atoms with E-state index >= 15 is 0 Å². The predicted molar refractivity (Wildman–Crippen MR) is 134 cm³/mol. The lowest BCUT2D eigenvalue weighted by atomic mass is 9.94. The van der Waals surface area contributed by atoms with Crippen molar-refractivity contribution in [1.29, 1.82) is 0 Å². The summed E-state index contributed by atoms with van der Waals surface area (Å²) < 4.78 is 32.9. The van der Waals surface area contributed by atoms with Gasteiger partial charge in [-0.25, -0.2) is 23.1 Å². The molecule has 2 aromatic carbocycles. The summed E-state index contributed by atoms with van der Waals surface area (Å²) in [4.78, 5) is 20.8. The minimum Gasteiger partial charge on any atom is -0.496 e. The minimum absolute atomic E-state index is 0.00479. The van der Waals surface area contributed by atoms with Crippen molar-refractivity contribution in [3.05, 3.63) is 65.5 Å². The van der Waals surface area contributed by atoms with Gasteiger partial charge in [-0.2, -0.15) is 0 Å². The van der Waals surface area contributed by atoms with Gasteiger partial charge in [0.2, 0.25) is 5.95 Å². The highest BCUT2D eigenvalue weighted by Gasteiger charge is 2.17. The number of carbonyl (C=O) groups is 1. The Hall–Kier alpha value is -3.51. The third-order valence-corrected chi connectivity index (χ3v) is 6.01. The number of hydrogen-bond acceptors (Lipinski definition) is 7. The number of hydrogen-bond donors (Lipinski definition) is 3. The SMILES string of the molecule is Bc1ccc(OC)c(C(=O)NC(=S)Nc2ccc(S(=O)(=O)Nc3nc(C)cc(C)n3)cc2)c1. The zero-order valence-corrected chi connectivity index (χ0v) is 20.1. The number of carbonyl (C=O) groups excluding carboxylic acids is 1. The molecule has 0 fully saturated rings. The van der Waals surface area contributed by atoms with Crippen LogP contribution >= 0.6 is 12.2 Å². The first-order valence-corrected chi connectivity index (χ1v) is 11.7. The van der Waals surface area contributed by atoms with Crippen LogP contribution in [0.25, 0.3) is 0 Å². The second-order valence-electron chi connectivity index (χ2n) is 7.22. The van der Waals surface area contributed by atoms with Gasteiger partial charge < -0.3 is 10.1 Å². The molecule has 3 rings (SSSR count). The average molecular weight is 483 g/mol. The van der Waals surface area contributed by atoms with E-state index < -0.39 is 15.9 Å². The number of aryl methyl sites for hydroxylation is 2. The summed E-state index contributed by atoms with van der Waals surface area (Å²) in [6.07, 6.45) is 0. The molecule has 0 spiro atoms. The van der Waals surface area contributed by atoms with Crippen LogP contribution in [0.4, 0.5) is 11.6 Å². The number of rotatable bonds is 6. The Morgan fingerprint density at radius 1 is 1.03 bits per heavy atom. The molecule has 0 bridgehead atoms. The van der Waals surface area contributed by atoms with Crippen LogP contribution in [0, 0.1) is 13.8 Å². The van der Waals surface area contributed by atoms with Crippen LogP contribution in [0.3, 0.4) is 0 Å². The standard InChI is InChI=1S/C21H22BN5O4S2/c1-12-10-13(2)24-20(23-12)27-33(29,30)16-7-5-15(6-8-16)25-21(32)26-19(28)17-11-14(22)4-9-18(17)31-3/h4-11H,22H2,1-3H3,(H,23,24,27)(H2,25,26,28,32). The highest BCUT2D eigenvalue weighted by atomic mass is 32.2. The fraction of sp³-hybridized carbons (Fsp3) is 0.143. The molecule has 3 aromatic rings. The van der Waals surface area contributed by atoms with Crippen LogP contribution < -0.4 is 25.6 Å². The highest BCUT2D eigenvalue weighted by Crippen LogP contribution is 2.18. The maximum atomic E-state index is 12.6. The van der Waals surface area contributed by atoms with Crippen molar-refractivity contribution in [2.24, 2.45) is 0 Å². The Labute approximate surface area is 198 Å². The molecule has 170 valence electrons. The van der Waals surface area contributed by atoms with E-state index in [2.05, 4.69) is 25.3 Å². The van der Waals surface area contributed by atoms with Crippen LogP contribution in [0.2, 0.25) is 0 Å². The summed E-state index contributed by atoms with van der Waals surface area (Å²) in [5.41, 5.74) is 3.05. The summed E-state index contributed by atoms with van der Waals surface area (Å²) in [7, 11) is -0.533. The molecule has 0 saturated heterocycles. The zero-order valence-electron chi connectivity index (χ0n) is 18.5. The fourth-order valence-corrected chi connectivity index (χ4v) is 4.15. The smallest absolute Gasteiger partial charge is 0.264 e. The van der Waals surface area contributed by atoms with Crippen molar-refractivity contribution in [3.8, 4) is 5.75 Å². The van der Waals surface area contributed by atoms with Crippen LogP contribution in [0.5, 0.6) is 5.75 Å². The Balaban J connectivity index is 1.67. The van der Waals surface area contributed by atoms with Crippen molar-refractivity contribution in [2.75, 3.05) is 17.1 Å². The quantitative estimate of drug-likeness (QED) is 0.354. The first-order valence-electron chi connectivity index (χ1n) is 9.79. The summed E-state index contributed by atoms with van der Waals surface area (Å²) >= 11 is 5.21. The van der Waals surface area contributed by atoms with Gasteiger partial charge in [0.05, 0.1) is 17.6 Å². The molecular weight excluding hydrogens is 461 g/mol. The van der Waals surface area contributed by atoms with E-state index in [1.807, 2.05) is 13.9 Å². The summed E-state index contributed by atoms with van der Waals surface area (Å²) in [6.45, 7) is 3.51. The second-order valence-corrected chi connectivity index (χ2v) is 9.31. The summed E-state index contributed by atoms with van der Waals surface area (Å²) in [6, 6.07) is 12.9. The van der Waals surface area contributed by atoms with Gasteiger partial charge in [0.15, 0.2) is 5.11 Å². The largest absolute Gasteiger partial charge is 0.496 e. The molecule has 33 heavy (non-hydrogen) atoms. The summed E-state index contributed by atoms with van der Waals surface area (Å²) in [5.74, 6) is 0.00538. The molecule has 1 heterocycles. The molecule has 0 atom stereocenters. The molecule has 1 aromatic heterocycles. The third kappa shape index (κ3) is 6.27. The topological polar surface area (TPSA) is 122 Å². The van der Waals surface area contributed by atoms with Gasteiger partial charge in [-0.05, 0) is 62.5 Å². The average Bonchev–Trinajstić information content (AvgIpc) is 2.73. The highest BCUT2D eigenvalue weighted by molar-refractivity contribution is 7.92. The van der Waals surface area contributed by atoms with Gasteiger partial charge in [0.1, 0.15) is 13.6 Å². The van der Waals surface area contributed by atoms with Gasteiger partial charge in [0, 0.05) is 17.1 Å². The van der Waals surface area contributed by atoms with E-state index in [0.717, 1.165) is 5.46 Å². The van der Waals surface area contributed by atoms with Crippen LogP contribution in [0.1, 0.15) is 21.7 Å². The van der Waals surface area contributed by atoms with E-state index in [1.54, 1.807) is 32.0 Å². The molecule has 0 aliphatic carbocycles. The van der Waals surface area contributed by atoms with Crippen molar-refractivity contribution >= 4 is 58.2 Å². The number of methoxy groups -OCH3 is 1. The lowest BCUT2D eigenvalue weighted by Crippen LogP contribution is -2.34. The van der Waals surface area contributed by atoms with E-state index in [0.29, 0.717) is 28.4 Å². The van der Waals surface area contributed by atoms with Crippen molar-refractivity contribution in [3.63, 3.8) is 0 Å². The number of nitrogens with one attached hydrogen (secondary N) is 3. The Morgan fingerprint density at radius 2 is 1.67 bits per heavy atom. The molecule has 0 unspecified atom stereocenters. The van der Waals surface area contributed by atoms with E-state index in [4.69, 9.17) is 17.0 Å². The van der Waals surface area contributed by atoms with Crippen LogP contribution in [-0.2, 0) is 10.0 Å². The van der Waals surface area contributed by atoms with Crippen molar-refractivity contribution in [1.82, 2.24) is 15.3 Å².